The molecule has 1 N–H and O–H groups in total. The largest absolute Gasteiger partial charge is 0.441 e. The van der Waals surface area contributed by atoms with Gasteiger partial charge in [0.15, 0.2) is 0 Å². The van der Waals surface area contributed by atoms with Gasteiger partial charge < -0.3 is 5.32 Å². The van der Waals surface area contributed by atoms with Gasteiger partial charge in [0, 0.05) is 16.8 Å². The summed E-state index contributed by atoms with van der Waals surface area (Å²) in [5.41, 5.74) is -5.22. The van der Waals surface area contributed by atoms with Crippen molar-refractivity contribution in [1.82, 2.24) is 5.32 Å². The van der Waals surface area contributed by atoms with Crippen LogP contribution in [-0.4, -0.2) is 23.7 Å². The smallest absolute Gasteiger partial charge is 0.351 e. The maximum Gasteiger partial charge on any atom is 0.441 e. The Morgan fingerprint density at radius 2 is 1.79 bits per heavy atom. The lowest BCUT2D eigenvalue weighted by molar-refractivity contribution is -0.0327. The first-order valence-electron chi connectivity index (χ1n) is 4.84. The fraction of sp³-hybridized carbons (Fsp3) is 0.300. The maximum atomic E-state index is 13.3. The summed E-state index contributed by atoms with van der Waals surface area (Å²) in [5, 5.41) is 2.02. The minimum atomic E-state index is -4.40. The third kappa shape index (κ3) is 5.35. The highest BCUT2D eigenvalue weighted by Gasteiger charge is 2.27. The average Bonchev–Trinajstić information content (AvgIpc) is 2.21. The lowest BCUT2D eigenvalue weighted by atomic mass is 10.2. The second kappa shape index (κ2) is 6.56. The van der Waals surface area contributed by atoms with Gasteiger partial charge in [-0.1, -0.05) is 15.9 Å². The number of alkyl halides is 3. The molecule has 0 bridgehead atoms. The van der Waals surface area contributed by atoms with Crippen molar-refractivity contribution in [1.29, 1.82) is 0 Å². The molecule has 0 atom stereocenters. The lowest BCUT2D eigenvalue weighted by Gasteiger charge is -2.08. The summed E-state index contributed by atoms with van der Waals surface area (Å²) in [6, 6.07) is 1.78. The molecule has 0 fully saturated rings. The molecule has 0 aliphatic heterocycles. The number of hydrogen-bond donors (Lipinski definition) is 1. The number of amides is 1. The number of halogens is 6. The van der Waals surface area contributed by atoms with Crippen LogP contribution in [0, 0.1) is 11.6 Å². The molecule has 0 saturated carbocycles. The Hall–Kier alpha value is -0.830. The molecule has 2 nitrogen and oxygen atoms in total. The van der Waals surface area contributed by atoms with Crippen LogP contribution < -0.4 is 5.32 Å². The zero-order valence-electron chi connectivity index (χ0n) is 9.15. The van der Waals surface area contributed by atoms with Crippen LogP contribution in [0.3, 0.4) is 0 Å². The number of carbonyl (C=O) groups excluding carboxylic acids is 1. The van der Waals surface area contributed by atoms with Crippen LogP contribution in [-0.2, 0) is 0 Å². The van der Waals surface area contributed by atoms with E-state index < -0.39 is 34.4 Å². The van der Waals surface area contributed by atoms with E-state index in [0.29, 0.717) is 0 Å². The minimum absolute atomic E-state index is 0.117. The molecule has 0 radical (unpaired) electrons. The van der Waals surface area contributed by atoms with Gasteiger partial charge in [-0.25, -0.2) is 8.78 Å². The Balaban J connectivity index is 2.60. The van der Waals surface area contributed by atoms with Crippen molar-refractivity contribution in [2.45, 2.75) is 5.51 Å². The molecule has 1 aromatic carbocycles. The Morgan fingerprint density at radius 3 is 2.26 bits per heavy atom. The monoisotopic (exact) mass is 363 g/mol. The number of benzene rings is 1. The van der Waals surface area contributed by atoms with E-state index in [2.05, 4.69) is 15.9 Å². The third-order valence-corrected chi connectivity index (χ3v) is 3.08. The molecule has 1 aromatic rings. The molecule has 0 aromatic heterocycles. The predicted molar refractivity (Wildman–Crippen MR) is 64.9 cm³/mol. The fourth-order valence-corrected chi connectivity index (χ4v) is 2.02. The van der Waals surface area contributed by atoms with Crippen LogP contribution in [0.15, 0.2) is 16.6 Å². The summed E-state index contributed by atoms with van der Waals surface area (Å²) in [5.74, 6) is -3.71. The first-order valence-corrected chi connectivity index (χ1v) is 6.62. The first kappa shape index (κ1) is 16.2. The van der Waals surface area contributed by atoms with E-state index in [1.165, 1.54) is 0 Å². The zero-order valence-corrected chi connectivity index (χ0v) is 11.6. The van der Waals surface area contributed by atoms with E-state index in [1.54, 1.807) is 0 Å². The van der Waals surface area contributed by atoms with E-state index in [4.69, 9.17) is 0 Å². The van der Waals surface area contributed by atoms with Gasteiger partial charge in [-0.15, -0.1) is 0 Å². The van der Waals surface area contributed by atoms with Crippen LogP contribution >= 0.6 is 27.7 Å². The molecule has 0 saturated heterocycles. The van der Waals surface area contributed by atoms with E-state index >= 15 is 0 Å². The number of nitrogens with one attached hydrogen (secondary N) is 1. The number of rotatable bonds is 4. The van der Waals surface area contributed by atoms with Crippen LogP contribution in [0.5, 0.6) is 0 Å². The molecule has 0 spiro atoms. The molecule has 106 valence electrons. The van der Waals surface area contributed by atoms with Crippen molar-refractivity contribution in [3.63, 3.8) is 0 Å². The summed E-state index contributed by atoms with van der Waals surface area (Å²) in [7, 11) is 0. The van der Waals surface area contributed by atoms with Gasteiger partial charge in [0.1, 0.15) is 17.2 Å². The second-order valence-corrected chi connectivity index (χ2v) is 5.37. The Bertz CT molecular complexity index is 456. The summed E-state index contributed by atoms with van der Waals surface area (Å²) in [4.78, 5) is 11.4. The van der Waals surface area contributed by atoms with E-state index in [-0.39, 0.29) is 22.8 Å². The molecule has 0 heterocycles. The van der Waals surface area contributed by atoms with E-state index in [0.717, 1.165) is 12.1 Å². The van der Waals surface area contributed by atoms with Crippen LogP contribution in [0.25, 0.3) is 0 Å². The van der Waals surface area contributed by atoms with Crippen molar-refractivity contribution in [2.24, 2.45) is 0 Å². The highest BCUT2D eigenvalue weighted by molar-refractivity contribution is 9.10. The molecule has 19 heavy (non-hydrogen) atoms. The van der Waals surface area contributed by atoms with Gasteiger partial charge >= 0.3 is 5.51 Å². The second-order valence-electron chi connectivity index (χ2n) is 3.29. The van der Waals surface area contributed by atoms with Gasteiger partial charge in [0.25, 0.3) is 5.91 Å². The van der Waals surface area contributed by atoms with E-state index in [1.807, 2.05) is 5.32 Å². The van der Waals surface area contributed by atoms with E-state index in [9.17, 15) is 26.7 Å². The third-order valence-electron chi connectivity index (χ3n) is 1.89. The normalized spacial score (nSPS) is 11.5. The Labute approximate surface area is 117 Å². The number of carbonyl (C=O) groups is 1. The molecular formula is C10H7BrF5NOS. The first-order chi connectivity index (χ1) is 8.70. The van der Waals surface area contributed by atoms with Crippen molar-refractivity contribution < 1.29 is 26.7 Å². The van der Waals surface area contributed by atoms with Gasteiger partial charge in [-0.2, -0.15) is 13.2 Å². The predicted octanol–water partition coefficient (Wildman–Crippen LogP) is 3.71. The lowest BCUT2D eigenvalue weighted by Crippen LogP contribution is -2.28. The topological polar surface area (TPSA) is 29.1 Å². The van der Waals surface area contributed by atoms with Crippen LogP contribution in [0.4, 0.5) is 22.0 Å². The van der Waals surface area contributed by atoms with Crippen molar-refractivity contribution in [3.05, 3.63) is 33.8 Å². The summed E-state index contributed by atoms with van der Waals surface area (Å²) in [6.07, 6.45) is 0. The molecule has 9 heteroatoms. The fourth-order valence-electron chi connectivity index (χ4n) is 1.18. The number of hydrogen-bond acceptors (Lipinski definition) is 2. The summed E-state index contributed by atoms with van der Waals surface area (Å²) < 4.78 is 62.2. The molecule has 1 rings (SSSR count). The van der Waals surface area contributed by atoms with Gasteiger partial charge in [0.2, 0.25) is 0 Å². The quantitative estimate of drug-likeness (QED) is 0.652. The summed E-state index contributed by atoms with van der Waals surface area (Å²) in [6.45, 7) is -0.349. The molecule has 0 unspecified atom stereocenters. The minimum Gasteiger partial charge on any atom is -0.351 e. The molecule has 1 amide bonds. The molecule has 0 aliphatic rings. The van der Waals surface area contributed by atoms with Gasteiger partial charge in [-0.05, 0) is 23.9 Å². The zero-order chi connectivity index (χ0) is 14.6. The SMILES string of the molecule is O=C(NCCSC(F)(F)F)c1c(F)cc(Br)cc1F. The highest BCUT2D eigenvalue weighted by Crippen LogP contribution is 2.29. The van der Waals surface area contributed by atoms with Crippen molar-refractivity contribution in [3.8, 4) is 0 Å². The average molecular weight is 364 g/mol. The Morgan fingerprint density at radius 1 is 1.26 bits per heavy atom. The van der Waals surface area contributed by atoms with Crippen LogP contribution in [0.1, 0.15) is 10.4 Å². The van der Waals surface area contributed by atoms with Crippen molar-refractivity contribution >= 4 is 33.6 Å². The van der Waals surface area contributed by atoms with Gasteiger partial charge in [0.05, 0.1) is 0 Å². The standard InChI is InChI=1S/C10H7BrF5NOS/c11-5-3-6(12)8(7(13)4-5)9(18)17-1-2-19-10(14,15)16/h3-4H,1-2H2,(H,17,18). The summed E-state index contributed by atoms with van der Waals surface area (Å²) >= 11 is 2.51. The maximum absolute atomic E-state index is 13.3. The molecular weight excluding hydrogens is 357 g/mol. The highest BCUT2D eigenvalue weighted by atomic mass is 79.9. The van der Waals surface area contributed by atoms with Gasteiger partial charge in [-0.3, -0.25) is 4.79 Å². The Kier molecular flexibility index (Phi) is 5.60. The van der Waals surface area contributed by atoms with Crippen LogP contribution in [0.2, 0.25) is 0 Å². The number of thioether (sulfide) groups is 1. The molecule has 0 aliphatic carbocycles. The van der Waals surface area contributed by atoms with Crippen molar-refractivity contribution in [2.75, 3.05) is 12.3 Å².